The number of benzene rings is 2. The van der Waals surface area contributed by atoms with Gasteiger partial charge >= 0.3 is 0 Å². The van der Waals surface area contributed by atoms with E-state index in [2.05, 4.69) is 5.32 Å². The number of carbonyl (C=O) groups is 1. The monoisotopic (exact) mass is 438 g/mol. The molecule has 29 heavy (non-hydrogen) atoms. The van der Waals surface area contributed by atoms with Crippen molar-refractivity contribution in [2.75, 3.05) is 23.4 Å². The number of nitrogens with one attached hydrogen (secondary N) is 1. The number of anilines is 1. The van der Waals surface area contributed by atoms with Gasteiger partial charge in [-0.05, 0) is 55.3 Å². The SMILES string of the molecule is CC[C@H](NC(=O)c1ccc(N(C)S(=O)(=O)CC)cc1)c1ccc(S(C)(=O)=O)cc1. The first-order chi connectivity index (χ1) is 13.5. The quantitative estimate of drug-likeness (QED) is 0.683. The molecule has 0 aliphatic heterocycles. The Hall–Kier alpha value is -2.39. The molecule has 2 rings (SSSR count). The van der Waals surface area contributed by atoms with Crippen molar-refractivity contribution in [1.82, 2.24) is 5.32 Å². The Morgan fingerprint density at radius 1 is 0.966 bits per heavy atom. The van der Waals surface area contributed by atoms with Gasteiger partial charge in [-0.2, -0.15) is 0 Å². The van der Waals surface area contributed by atoms with Crippen LogP contribution in [-0.4, -0.2) is 41.8 Å². The smallest absolute Gasteiger partial charge is 0.251 e. The van der Waals surface area contributed by atoms with Crippen molar-refractivity contribution in [2.24, 2.45) is 0 Å². The third-order valence-electron chi connectivity index (χ3n) is 4.70. The van der Waals surface area contributed by atoms with E-state index in [-0.39, 0.29) is 22.6 Å². The van der Waals surface area contributed by atoms with E-state index in [9.17, 15) is 21.6 Å². The Labute approximate surface area is 172 Å². The lowest BCUT2D eigenvalue weighted by atomic mass is 10.0. The lowest BCUT2D eigenvalue weighted by molar-refractivity contribution is 0.0935. The van der Waals surface area contributed by atoms with E-state index in [0.717, 1.165) is 11.8 Å². The molecule has 2 aromatic rings. The summed E-state index contributed by atoms with van der Waals surface area (Å²) in [6.07, 6.45) is 1.77. The Morgan fingerprint density at radius 2 is 1.52 bits per heavy atom. The van der Waals surface area contributed by atoms with E-state index in [4.69, 9.17) is 0 Å². The molecule has 9 heteroatoms. The molecule has 1 amide bonds. The summed E-state index contributed by atoms with van der Waals surface area (Å²) in [5, 5.41) is 2.93. The molecule has 0 heterocycles. The van der Waals surface area contributed by atoms with Gasteiger partial charge in [0.25, 0.3) is 5.91 Å². The van der Waals surface area contributed by atoms with Crippen molar-refractivity contribution in [3.8, 4) is 0 Å². The first-order valence-corrected chi connectivity index (χ1v) is 12.7. The van der Waals surface area contributed by atoms with Gasteiger partial charge in [-0.15, -0.1) is 0 Å². The maximum absolute atomic E-state index is 12.6. The predicted octanol–water partition coefficient (Wildman–Crippen LogP) is 2.76. The average Bonchev–Trinajstić information content (AvgIpc) is 2.70. The zero-order chi connectivity index (χ0) is 21.8. The van der Waals surface area contributed by atoms with Crippen LogP contribution < -0.4 is 9.62 Å². The van der Waals surface area contributed by atoms with Gasteiger partial charge in [0.1, 0.15) is 0 Å². The topological polar surface area (TPSA) is 101 Å². The van der Waals surface area contributed by atoms with Crippen molar-refractivity contribution in [3.63, 3.8) is 0 Å². The lowest BCUT2D eigenvalue weighted by Crippen LogP contribution is -2.29. The van der Waals surface area contributed by atoms with E-state index in [0.29, 0.717) is 17.7 Å². The third kappa shape index (κ3) is 5.57. The van der Waals surface area contributed by atoms with Crippen LogP contribution in [0.5, 0.6) is 0 Å². The maximum Gasteiger partial charge on any atom is 0.251 e. The minimum Gasteiger partial charge on any atom is -0.345 e. The van der Waals surface area contributed by atoms with Crippen LogP contribution in [0.15, 0.2) is 53.4 Å². The molecule has 0 spiro atoms. The molecule has 0 saturated carbocycles. The van der Waals surface area contributed by atoms with Gasteiger partial charge in [0.2, 0.25) is 10.0 Å². The molecule has 0 fully saturated rings. The number of hydrogen-bond acceptors (Lipinski definition) is 5. The Morgan fingerprint density at radius 3 is 1.97 bits per heavy atom. The second-order valence-corrected chi connectivity index (χ2v) is 11.0. The van der Waals surface area contributed by atoms with Gasteiger partial charge in [0.15, 0.2) is 9.84 Å². The van der Waals surface area contributed by atoms with Crippen LogP contribution >= 0.6 is 0 Å². The van der Waals surface area contributed by atoms with Gasteiger partial charge in [-0.25, -0.2) is 16.8 Å². The van der Waals surface area contributed by atoms with Crippen molar-refractivity contribution >= 4 is 31.5 Å². The van der Waals surface area contributed by atoms with Crippen LogP contribution in [0.1, 0.15) is 42.2 Å². The number of nitrogens with zero attached hydrogens (tertiary/aromatic N) is 1. The molecule has 0 unspecified atom stereocenters. The largest absolute Gasteiger partial charge is 0.345 e. The molecule has 158 valence electrons. The highest BCUT2D eigenvalue weighted by Gasteiger charge is 2.18. The Bertz CT molecular complexity index is 1060. The summed E-state index contributed by atoms with van der Waals surface area (Å²) in [6, 6.07) is 12.5. The standard InChI is InChI=1S/C20H26N2O5S2/c1-5-19(15-9-13-18(14-10-15)28(4,24)25)21-20(23)16-7-11-17(12-8-16)22(3)29(26,27)6-2/h7-14,19H,5-6H2,1-4H3,(H,21,23)/t19-/m0/s1. The number of rotatable bonds is 8. The molecule has 0 aliphatic rings. The third-order valence-corrected chi connectivity index (χ3v) is 7.60. The fourth-order valence-corrected chi connectivity index (χ4v) is 4.25. The molecule has 1 N–H and O–H groups in total. The summed E-state index contributed by atoms with van der Waals surface area (Å²) in [6.45, 7) is 3.49. The zero-order valence-electron chi connectivity index (χ0n) is 16.9. The lowest BCUT2D eigenvalue weighted by Gasteiger charge is -2.20. The van der Waals surface area contributed by atoms with Crippen LogP contribution in [0.25, 0.3) is 0 Å². The molecule has 2 aromatic carbocycles. The number of amides is 1. The van der Waals surface area contributed by atoms with Gasteiger partial charge in [0, 0.05) is 18.9 Å². The maximum atomic E-state index is 12.6. The Kier molecular flexibility index (Phi) is 7.07. The molecule has 1 atom stereocenters. The van der Waals surface area contributed by atoms with Gasteiger partial charge < -0.3 is 5.32 Å². The summed E-state index contributed by atoms with van der Waals surface area (Å²) in [4.78, 5) is 12.8. The van der Waals surface area contributed by atoms with Crippen molar-refractivity contribution in [2.45, 2.75) is 31.2 Å². The number of sulfone groups is 1. The zero-order valence-corrected chi connectivity index (χ0v) is 18.5. The summed E-state index contributed by atoms with van der Waals surface area (Å²) < 4.78 is 48.3. The summed E-state index contributed by atoms with van der Waals surface area (Å²) in [5.41, 5.74) is 1.69. The van der Waals surface area contributed by atoms with Gasteiger partial charge in [-0.3, -0.25) is 9.10 Å². The second-order valence-electron chi connectivity index (χ2n) is 6.69. The molecule has 0 saturated heterocycles. The minimum absolute atomic E-state index is 0.0119. The van der Waals surface area contributed by atoms with Crippen molar-refractivity contribution in [1.29, 1.82) is 0 Å². The van der Waals surface area contributed by atoms with E-state index < -0.39 is 19.9 Å². The molecule has 0 aromatic heterocycles. The molecular weight excluding hydrogens is 412 g/mol. The van der Waals surface area contributed by atoms with Crippen molar-refractivity contribution in [3.05, 3.63) is 59.7 Å². The molecule has 0 aliphatic carbocycles. The van der Waals surface area contributed by atoms with E-state index in [1.54, 1.807) is 43.3 Å². The van der Waals surface area contributed by atoms with Crippen LogP contribution in [0, 0.1) is 0 Å². The highest BCUT2D eigenvalue weighted by molar-refractivity contribution is 7.92. The number of sulfonamides is 1. The Balaban J connectivity index is 2.15. The molecular formula is C20H26N2O5S2. The van der Waals surface area contributed by atoms with Gasteiger partial charge in [-0.1, -0.05) is 19.1 Å². The van der Waals surface area contributed by atoms with Crippen LogP contribution in [0.2, 0.25) is 0 Å². The first-order valence-electron chi connectivity index (χ1n) is 9.17. The highest BCUT2D eigenvalue weighted by atomic mass is 32.2. The molecule has 7 nitrogen and oxygen atoms in total. The fraction of sp³-hybridized carbons (Fsp3) is 0.350. The van der Waals surface area contributed by atoms with E-state index >= 15 is 0 Å². The normalized spacial score (nSPS) is 13.0. The van der Waals surface area contributed by atoms with Crippen LogP contribution in [-0.2, 0) is 19.9 Å². The number of carbonyl (C=O) groups excluding carboxylic acids is 1. The second kappa shape index (κ2) is 8.96. The average molecular weight is 439 g/mol. The summed E-state index contributed by atoms with van der Waals surface area (Å²) in [5.74, 6) is -0.307. The van der Waals surface area contributed by atoms with Crippen LogP contribution in [0.4, 0.5) is 5.69 Å². The summed E-state index contributed by atoms with van der Waals surface area (Å²) >= 11 is 0. The molecule has 0 radical (unpaired) electrons. The van der Waals surface area contributed by atoms with Crippen molar-refractivity contribution < 1.29 is 21.6 Å². The minimum atomic E-state index is -3.37. The van der Waals surface area contributed by atoms with E-state index in [1.807, 2.05) is 6.92 Å². The van der Waals surface area contributed by atoms with Gasteiger partial charge in [0.05, 0.1) is 22.4 Å². The fourth-order valence-electron chi connectivity index (χ4n) is 2.79. The van der Waals surface area contributed by atoms with Crippen LogP contribution in [0.3, 0.4) is 0 Å². The number of hydrogen-bond donors (Lipinski definition) is 1. The predicted molar refractivity (Wildman–Crippen MR) is 114 cm³/mol. The molecule has 0 bridgehead atoms. The highest BCUT2D eigenvalue weighted by Crippen LogP contribution is 2.21. The summed E-state index contributed by atoms with van der Waals surface area (Å²) in [7, 11) is -5.17. The van der Waals surface area contributed by atoms with E-state index in [1.165, 1.54) is 23.5 Å². The first kappa shape index (κ1) is 22.9.